The van der Waals surface area contributed by atoms with Crippen LogP contribution in [0.5, 0.6) is 5.75 Å². The number of benzene rings is 2. The number of carboxylic acid groups (broad SMARTS) is 1. The average molecular weight is 517 g/mol. The Balaban J connectivity index is 1.80. The molecule has 1 aromatic heterocycles. The first-order chi connectivity index (χ1) is 17.1. The summed E-state index contributed by atoms with van der Waals surface area (Å²) >= 11 is 1.15. The van der Waals surface area contributed by atoms with E-state index in [1.54, 1.807) is 12.5 Å². The van der Waals surface area contributed by atoms with Crippen LogP contribution in [0, 0.1) is 17.6 Å². The number of hydrogen-bond acceptors (Lipinski definition) is 6. The van der Waals surface area contributed by atoms with Crippen molar-refractivity contribution < 1.29 is 33.0 Å². The van der Waals surface area contributed by atoms with Crippen LogP contribution in [-0.4, -0.2) is 35.7 Å². The van der Waals surface area contributed by atoms with Gasteiger partial charge in [0.05, 0.1) is 19.4 Å². The molecule has 0 spiro atoms. The molecule has 2 aromatic carbocycles. The Kier molecular flexibility index (Phi) is 8.89. The van der Waals surface area contributed by atoms with E-state index in [9.17, 15) is 18.4 Å². The van der Waals surface area contributed by atoms with Gasteiger partial charge in [0.1, 0.15) is 17.4 Å². The number of carbonyl (C=O) groups excluding carboxylic acids is 1. The minimum absolute atomic E-state index is 0.227. The SMILES string of the molecule is COc1c(COCC(C)C)cccc1-c1csc(NC(=O)c2cc(F)c(C=C(C)C(=O)O)c(F)c2)n1. The third-order valence-electron chi connectivity index (χ3n) is 5.05. The second kappa shape index (κ2) is 11.9. The summed E-state index contributed by atoms with van der Waals surface area (Å²) in [6.07, 6.45) is 0.872. The van der Waals surface area contributed by atoms with E-state index in [4.69, 9.17) is 14.6 Å². The highest BCUT2D eigenvalue weighted by molar-refractivity contribution is 7.14. The molecule has 190 valence electrons. The molecule has 0 radical (unpaired) electrons. The molecule has 10 heteroatoms. The van der Waals surface area contributed by atoms with E-state index in [-0.39, 0.29) is 16.3 Å². The first kappa shape index (κ1) is 27.0. The number of halogens is 2. The summed E-state index contributed by atoms with van der Waals surface area (Å²) < 4.78 is 40.2. The van der Waals surface area contributed by atoms with Gasteiger partial charge in [-0.3, -0.25) is 10.1 Å². The average Bonchev–Trinajstić information content (AvgIpc) is 3.28. The number of aliphatic carboxylic acids is 1. The zero-order valence-electron chi connectivity index (χ0n) is 20.2. The normalized spacial score (nSPS) is 11.6. The van der Waals surface area contributed by atoms with Crippen LogP contribution in [0.3, 0.4) is 0 Å². The lowest BCUT2D eigenvalue weighted by Crippen LogP contribution is -2.13. The van der Waals surface area contributed by atoms with Crippen molar-refractivity contribution in [3.05, 3.63) is 69.6 Å². The van der Waals surface area contributed by atoms with Crippen LogP contribution in [0.25, 0.3) is 17.3 Å². The van der Waals surface area contributed by atoms with Crippen LogP contribution in [0.2, 0.25) is 0 Å². The van der Waals surface area contributed by atoms with Gasteiger partial charge in [-0.1, -0.05) is 26.0 Å². The van der Waals surface area contributed by atoms with Crippen molar-refractivity contribution in [2.75, 3.05) is 19.0 Å². The van der Waals surface area contributed by atoms with E-state index in [2.05, 4.69) is 24.1 Å². The van der Waals surface area contributed by atoms with Crippen molar-refractivity contribution >= 4 is 34.4 Å². The summed E-state index contributed by atoms with van der Waals surface area (Å²) in [5.41, 5.74) is 1.07. The number of carbonyl (C=O) groups is 2. The quantitative estimate of drug-likeness (QED) is 0.320. The van der Waals surface area contributed by atoms with Gasteiger partial charge in [-0.15, -0.1) is 11.3 Å². The molecule has 0 aliphatic heterocycles. The number of rotatable bonds is 10. The highest BCUT2D eigenvalue weighted by Gasteiger charge is 2.18. The number of para-hydroxylation sites is 1. The fraction of sp³-hybridized carbons (Fsp3) is 0.269. The molecular formula is C26H26F2N2O5S. The van der Waals surface area contributed by atoms with Gasteiger partial charge < -0.3 is 14.6 Å². The number of nitrogens with zero attached hydrogens (tertiary/aromatic N) is 1. The Morgan fingerprint density at radius 1 is 1.22 bits per heavy atom. The molecule has 0 saturated heterocycles. The highest BCUT2D eigenvalue weighted by atomic mass is 32.1. The van der Waals surface area contributed by atoms with Gasteiger partial charge in [0.2, 0.25) is 0 Å². The first-order valence-electron chi connectivity index (χ1n) is 11.0. The van der Waals surface area contributed by atoms with Crippen LogP contribution in [0.15, 0.2) is 41.3 Å². The maximum absolute atomic E-state index is 14.4. The topological polar surface area (TPSA) is 97.8 Å². The third-order valence-corrected chi connectivity index (χ3v) is 5.81. The number of anilines is 1. The Morgan fingerprint density at radius 3 is 2.53 bits per heavy atom. The number of hydrogen-bond donors (Lipinski definition) is 2. The number of carboxylic acids is 1. The second-order valence-electron chi connectivity index (χ2n) is 8.39. The van der Waals surface area contributed by atoms with Gasteiger partial charge in [0.25, 0.3) is 5.91 Å². The minimum atomic E-state index is -1.31. The Hall–Kier alpha value is -3.63. The van der Waals surface area contributed by atoms with Crippen LogP contribution in [0.1, 0.15) is 42.3 Å². The molecule has 0 saturated carbocycles. The highest BCUT2D eigenvalue weighted by Crippen LogP contribution is 2.35. The number of methoxy groups -OCH3 is 1. The number of thiazole rings is 1. The number of amides is 1. The predicted molar refractivity (Wildman–Crippen MR) is 134 cm³/mol. The maximum Gasteiger partial charge on any atom is 0.331 e. The molecule has 3 rings (SSSR count). The Bertz CT molecular complexity index is 1280. The third kappa shape index (κ3) is 6.52. The van der Waals surface area contributed by atoms with Crippen LogP contribution >= 0.6 is 11.3 Å². The van der Waals surface area contributed by atoms with Gasteiger partial charge in [0.15, 0.2) is 5.13 Å². The molecule has 0 fully saturated rings. The van der Waals surface area contributed by atoms with Crippen molar-refractivity contribution in [1.29, 1.82) is 0 Å². The van der Waals surface area contributed by atoms with E-state index in [1.807, 2.05) is 18.2 Å². The fourth-order valence-electron chi connectivity index (χ4n) is 3.30. The van der Waals surface area contributed by atoms with Gasteiger partial charge >= 0.3 is 5.97 Å². The summed E-state index contributed by atoms with van der Waals surface area (Å²) in [7, 11) is 1.56. The van der Waals surface area contributed by atoms with Gasteiger partial charge in [0, 0.05) is 39.8 Å². The van der Waals surface area contributed by atoms with E-state index in [1.165, 1.54) is 6.92 Å². The standard InChI is InChI=1S/C26H26F2N2O5S/c1-14(2)11-35-12-16-6-5-7-18(23(16)34-4)22-13-36-26(29-22)30-24(31)17-9-20(27)19(21(28)10-17)8-15(3)25(32)33/h5-10,13-14H,11-12H2,1-4H3,(H,32,33)(H,29,30,31). The number of ether oxygens (including phenoxy) is 2. The lowest BCUT2D eigenvalue weighted by atomic mass is 10.1. The zero-order valence-corrected chi connectivity index (χ0v) is 21.0. The Morgan fingerprint density at radius 2 is 1.92 bits per heavy atom. The molecule has 7 nitrogen and oxygen atoms in total. The van der Waals surface area contributed by atoms with Crippen molar-refractivity contribution in [3.63, 3.8) is 0 Å². The minimum Gasteiger partial charge on any atom is -0.496 e. The molecule has 3 aromatic rings. The molecule has 1 heterocycles. The van der Waals surface area contributed by atoms with Gasteiger partial charge in [-0.25, -0.2) is 18.6 Å². The van der Waals surface area contributed by atoms with E-state index in [0.29, 0.717) is 36.1 Å². The van der Waals surface area contributed by atoms with Crippen molar-refractivity contribution in [2.24, 2.45) is 5.92 Å². The zero-order chi connectivity index (χ0) is 26.4. The summed E-state index contributed by atoms with van der Waals surface area (Å²) in [5, 5.41) is 13.4. The molecule has 0 bridgehead atoms. The van der Waals surface area contributed by atoms with E-state index < -0.39 is 29.1 Å². The summed E-state index contributed by atoms with van der Waals surface area (Å²) in [4.78, 5) is 28.0. The number of aromatic nitrogens is 1. The van der Waals surface area contributed by atoms with Gasteiger partial charge in [-0.2, -0.15) is 0 Å². The summed E-state index contributed by atoms with van der Waals surface area (Å²) in [6.45, 7) is 6.32. The van der Waals surface area contributed by atoms with Crippen molar-refractivity contribution in [1.82, 2.24) is 4.98 Å². The molecular weight excluding hydrogens is 490 g/mol. The molecule has 0 unspecified atom stereocenters. The lowest BCUT2D eigenvalue weighted by Gasteiger charge is -2.13. The van der Waals surface area contributed by atoms with Crippen molar-refractivity contribution in [2.45, 2.75) is 27.4 Å². The smallest absolute Gasteiger partial charge is 0.331 e. The van der Waals surface area contributed by atoms with E-state index >= 15 is 0 Å². The summed E-state index contributed by atoms with van der Waals surface area (Å²) in [6, 6.07) is 7.28. The van der Waals surface area contributed by atoms with Crippen LogP contribution < -0.4 is 10.1 Å². The molecule has 0 aliphatic carbocycles. The van der Waals surface area contributed by atoms with Crippen LogP contribution in [-0.2, 0) is 16.1 Å². The first-order valence-corrected chi connectivity index (χ1v) is 11.9. The second-order valence-corrected chi connectivity index (χ2v) is 9.24. The predicted octanol–water partition coefficient (Wildman–Crippen LogP) is 6.01. The summed E-state index contributed by atoms with van der Waals surface area (Å²) in [5.74, 6) is -3.17. The number of nitrogens with one attached hydrogen (secondary N) is 1. The lowest BCUT2D eigenvalue weighted by molar-refractivity contribution is -0.132. The Labute approximate surface area is 211 Å². The molecule has 1 amide bonds. The van der Waals surface area contributed by atoms with E-state index in [0.717, 1.165) is 35.1 Å². The monoisotopic (exact) mass is 516 g/mol. The molecule has 0 aliphatic rings. The molecule has 2 N–H and O–H groups in total. The van der Waals surface area contributed by atoms with Crippen molar-refractivity contribution in [3.8, 4) is 17.0 Å². The molecule has 0 atom stereocenters. The van der Waals surface area contributed by atoms with Gasteiger partial charge in [-0.05, 0) is 37.1 Å². The fourth-order valence-corrected chi connectivity index (χ4v) is 4.01. The largest absolute Gasteiger partial charge is 0.496 e. The van der Waals surface area contributed by atoms with Crippen LogP contribution in [0.4, 0.5) is 13.9 Å². The molecule has 36 heavy (non-hydrogen) atoms. The maximum atomic E-state index is 14.4.